The number of ketones is 2. The second kappa shape index (κ2) is 13.0. The molecule has 1 saturated heterocycles. The van der Waals surface area contributed by atoms with Crippen molar-refractivity contribution >= 4 is 23.4 Å². The lowest BCUT2D eigenvalue weighted by Gasteiger charge is -2.24. The van der Waals surface area contributed by atoms with Crippen LogP contribution in [-0.2, 0) is 36.8 Å². The van der Waals surface area contributed by atoms with E-state index in [0.717, 1.165) is 24.0 Å². The Labute approximate surface area is 235 Å². The number of carbonyl (C=O) groups is 4. The van der Waals surface area contributed by atoms with E-state index >= 15 is 0 Å². The molecule has 8 heteroatoms. The molecule has 2 aromatic carbocycles. The third kappa shape index (κ3) is 7.66. The molecule has 4 atom stereocenters. The van der Waals surface area contributed by atoms with Gasteiger partial charge in [-0.15, -0.1) is 0 Å². The Morgan fingerprint density at radius 2 is 1.65 bits per heavy atom. The number of benzene rings is 2. The number of nitrogens with one attached hydrogen (secondary N) is 2. The van der Waals surface area contributed by atoms with Gasteiger partial charge in [0, 0.05) is 17.9 Å². The van der Waals surface area contributed by atoms with E-state index in [2.05, 4.69) is 10.6 Å². The quantitative estimate of drug-likeness (QED) is 0.351. The van der Waals surface area contributed by atoms with Gasteiger partial charge in [-0.05, 0) is 69.2 Å². The SMILES string of the molecule is COc1ccc(CC(CC(=O)C(C)NC(=O)C2=CCCC2)C(=O)NC(Cc2ccccc2)C(=O)C2(C)CO2)cc1. The Morgan fingerprint density at radius 3 is 2.25 bits per heavy atom. The van der Waals surface area contributed by atoms with Crippen LogP contribution in [0.25, 0.3) is 0 Å². The average molecular weight is 547 g/mol. The number of ether oxygens (including phenoxy) is 2. The van der Waals surface area contributed by atoms with Gasteiger partial charge in [-0.2, -0.15) is 0 Å². The molecule has 4 rings (SSSR count). The number of rotatable bonds is 14. The summed E-state index contributed by atoms with van der Waals surface area (Å²) in [5.41, 5.74) is 1.54. The molecule has 0 radical (unpaired) electrons. The first-order chi connectivity index (χ1) is 19.2. The summed E-state index contributed by atoms with van der Waals surface area (Å²) in [6, 6.07) is 15.2. The number of Topliss-reactive ketones (excluding diaryl/α,β-unsaturated/α-hetero) is 2. The zero-order valence-electron chi connectivity index (χ0n) is 23.4. The van der Waals surface area contributed by atoms with Crippen molar-refractivity contribution < 1.29 is 28.7 Å². The van der Waals surface area contributed by atoms with Crippen molar-refractivity contribution in [3.8, 4) is 5.75 Å². The van der Waals surface area contributed by atoms with Gasteiger partial charge in [-0.25, -0.2) is 0 Å². The fourth-order valence-electron chi connectivity index (χ4n) is 4.94. The Morgan fingerprint density at radius 1 is 0.975 bits per heavy atom. The number of allylic oxidation sites excluding steroid dienone is 1. The van der Waals surface area contributed by atoms with Gasteiger partial charge >= 0.3 is 0 Å². The van der Waals surface area contributed by atoms with E-state index in [9.17, 15) is 19.2 Å². The van der Waals surface area contributed by atoms with Crippen molar-refractivity contribution in [1.82, 2.24) is 10.6 Å². The minimum atomic E-state index is -0.915. The molecule has 40 heavy (non-hydrogen) atoms. The summed E-state index contributed by atoms with van der Waals surface area (Å²) in [6.45, 7) is 3.68. The van der Waals surface area contributed by atoms with E-state index in [4.69, 9.17) is 9.47 Å². The fourth-order valence-corrected chi connectivity index (χ4v) is 4.94. The molecule has 2 aromatic rings. The maximum absolute atomic E-state index is 13.7. The van der Waals surface area contributed by atoms with E-state index in [-0.39, 0.29) is 36.2 Å². The molecule has 1 fully saturated rings. The smallest absolute Gasteiger partial charge is 0.247 e. The summed E-state index contributed by atoms with van der Waals surface area (Å²) in [7, 11) is 1.58. The molecule has 1 aliphatic carbocycles. The summed E-state index contributed by atoms with van der Waals surface area (Å²) in [6.07, 6.45) is 4.92. The van der Waals surface area contributed by atoms with Gasteiger partial charge in [0.15, 0.2) is 11.6 Å². The maximum Gasteiger partial charge on any atom is 0.247 e. The van der Waals surface area contributed by atoms with Gasteiger partial charge in [-0.3, -0.25) is 19.2 Å². The molecule has 2 N–H and O–H groups in total. The topological polar surface area (TPSA) is 114 Å². The fraction of sp³-hybridized carbons (Fsp3) is 0.438. The molecule has 0 spiro atoms. The zero-order valence-corrected chi connectivity index (χ0v) is 23.4. The van der Waals surface area contributed by atoms with Crippen molar-refractivity contribution in [2.24, 2.45) is 5.92 Å². The van der Waals surface area contributed by atoms with Crippen LogP contribution in [0.3, 0.4) is 0 Å². The largest absolute Gasteiger partial charge is 0.497 e. The number of amides is 2. The van der Waals surface area contributed by atoms with Gasteiger partial charge < -0.3 is 20.1 Å². The first-order valence-electron chi connectivity index (χ1n) is 13.9. The molecule has 0 saturated carbocycles. The Kier molecular flexibility index (Phi) is 9.53. The predicted octanol–water partition coefficient (Wildman–Crippen LogP) is 3.51. The maximum atomic E-state index is 13.7. The molecule has 212 valence electrons. The van der Waals surface area contributed by atoms with Crippen LogP contribution in [0.15, 0.2) is 66.2 Å². The molecule has 1 aliphatic heterocycles. The zero-order chi connectivity index (χ0) is 28.7. The van der Waals surface area contributed by atoms with Crippen molar-refractivity contribution in [2.75, 3.05) is 13.7 Å². The normalized spacial score (nSPS) is 20.0. The first kappa shape index (κ1) is 29.2. The third-order valence-corrected chi connectivity index (χ3v) is 7.64. The lowest BCUT2D eigenvalue weighted by atomic mass is 9.89. The molecule has 2 aliphatic rings. The van der Waals surface area contributed by atoms with Crippen LogP contribution < -0.4 is 15.4 Å². The van der Waals surface area contributed by atoms with Crippen molar-refractivity contribution in [1.29, 1.82) is 0 Å². The number of epoxide rings is 1. The van der Waals surface area contributed by atoms with E-state index in [0.29, 0.717) is 30.8 Å². The molecule has 4 unspecified atom stereocenters. The van der Waals surface area contributed by atoms with Gasteiger partial charge in [0.25, 0.3) is 0 Å². The monoisotopic (exact) mass is 546 g/mol. The van der Waals surface area contributed by atoms with E-state index < -0.39 is 23.6 Å². The van der Waals surface area contributed by atoms with Crippen LogP contribution in [-0.4, -0.2) is 54.8 Å². The van der Waals surface area contributed by atoms with Crippen LogP contribution in [0, 0.1) is 5.92 Å². The van der Waals surface area contributed by atoms with Crippen molar-refractivity contribution in [3.05, 3.63) is 77.4 Å². The lowest BCUT2D eigenvalue weighted by molar-refractivity contribution is -0.134. The molecule has 0 aromatic heterocycles. The number of hydrogen-bond acceptors (Lipinski definition) is 6. The highest BCUT2D eigenvalue weighted by atomic mass is 16.6. The first-order valence-corrected chi connectivity index (χ1v) is 13.9. The number of hydrogen-bond donors (Lipinski definition) is 2. The summed E-state index contributed by atoms with van der Waals surface area (Å²) in [5.74, 6) is -1.12. The van der Waals surface area contributed by atoms with Crippen LogP contribution in [0.2, 0.25) is 0 Å². The summed E-state index contributed by atoms with van der Waals surface area (Å²) >= 11 is 0. The number of methoxy groups -OCH3 is 1. The molecular weight excluding hydrogens is 508 g/mol. The minimum Gasteiger partial charge on any atom is -0.497 e. The standard InChI is InChI=1S/C32H38N2O6/c1-21(33-30(37)24-11-7-8-12-24)28(35)19-25(17-23-13-15-26(39-3)16-14-23)31(38)34-27(29(36)32(2)20-40-32)18-22-9-5-4-6-10-22/h4-6,9-11,13-16,21,25,27H,7-8,12,17-20H2,1-3H3,(H,33,37)(H,34,38). The van der Waals surface area contributed by atoms with Gasteiger partial charge in [0.1, 0.15) is 11.4 Å². The highest BCUT2D eigenvalue weighted by molar-refractivity contribution is 5.99. The molecule has 1 heterocycles. The van der Waals surface area contributed by atoms with E-state index in [1.54, 1.807) is 33.1 Å². The van der Waals surface area contributed by atoms with Crippen LogP contribution >= 0.6 is 0 Å². The van der Waals surface area contributed by atoms with E-state index in [1.165, 1.54) is 0 Å². The molecule has 0 bridgehead atoms. The number of carbonyl (C=O) groups excluding carboxylic acids is 4. The van der Waals surface area contributed by atoms with Crippen molar-refractivity contribution in [2.45, 2.75) is 70.1 Å². The van der Waals surface area contributed by atoms with Crippen LogP contribution in [0.5, 0.6) is 5.75 Å². The van der Waals surface area contributed by atoms with Gasteiger partial charge in [0.2, 0.25) is 11.8 Å². The molecule has 8 nitrogen and oxygen atoms in total. The summed E-state index contributed by atoms with van der Waals surface area (Å²) < 4.78 is 10.6. The lowest BCUT2D eigenvalue weighted by Crippen LogP contribution is -2.50. The van der Waals surface area contributed by atoms with Crippen LogP contribution in [0.1, 0.15) is 50.7 Å². The van der Waals surface area contributed by atoms with Crippen LogP contribution in [0.4, 0.5) is 0 Å². The molecular formula is C32H38N2O6. The highest BCUT2D eigenvalue weighted by Crippen LogP contribution is 2.29. The minimum absolute atomic E-state index is 0.0849. The second-order valence-corrected chi connectivity index (χ2v) is 10.9. The second-order valence-electron chi connectivity index (χ2n) is 10.9. The Balaban J connectivity index is 1.50. The predicted molar refractivity (Wildman–Crippen MR) is 151 cm³/mol. The Bertz CT molecular complexity index is 1250. The van der Waals surface area contributed by atoms with Gasteiger partial charge in [-0.1, -0.05) is 48.5 Å². The highest BCUT2D eigenvalue weighted by Gasteiger charge is 2.50. The summed E-state index contributed by atoms with van der Waals surface area (Å²) in [5, 5.41) is 5.73. The van der Waals surface area contributed by atoms with Gasteiger partial charge in [0.05, 0.1) is 25.8 Å². The van der Waals surface area contributed by atoms with E-state index in [1.807, 2.05) is 48.5 Å². The average Bonchev–Trinajstić information content (AvgIpc) is 3.47. The molecule has 2 amide bonds. The third-order valence-electron chi connectivity index (χ3n) is 7.64. The van der Waals surface area contributed by atoms with Crippen molar-refractivity contribution in [3.63, 3.8) is 0 Å². The summed E-state index contributed by atoms with van der Waals surface area (Å²) in [4.78, 5) is 52.9. The Hall–Kier alpha value is -3.78.